The van der Waals surface area contributed by atoms with Crippen molar-refractivity contribution in [3.05, 3.63) is 71.8 Å². The van der Waals surface area contributed by atoms with E-state index in [1.807, 2.05) is 0 Å². The van der Waals surface area contributed by atoms with Gasteiger partial charge in [-0.15, -0.1) is 6.58 Å². The number of esters is 1. The van der Waals surface area contributed by atoms with Gasteiger partial charge in [0.25, 0.3) is 0 Å². The molecule has 0 atom stereocenters. The van der Waals surface area contributed by atoms with Crippen molar-refractivity contribution in [2.75, 3.05) is 13.2 Å². The summed E-state index contributed by atoms with van der Waals surface area (Å²) in [6.45, 7) is 1.30. The third-order valence-electron chi connectivity index (χ3n) is 3.80. The van der Waals surface area contributed by atoms with E-state index in [1.165, 1.54) is 48.5 Å². The van der Waals surface area contributed by atoms with Crippen LogP contribution in [0.1, 0.15) is 26.3 Å². The highest BCUT2D eigenvalue weighted by Crippen LogP contribution is 2.23. The zero-order chi connectivity index (χ0) is 22.3. The molecule has 10 heteroatoms. The minimum Gasteiger partial charge on any atom is -0.454 e. The average Bonchev–Trinajstić information content (AvgIpc) is 2.71. The van der Waals surface area contributed by atoms with E-state index in [1.54, 1.807) is 6.92 Å². The molecule has 1 N–H and O–H groups in total. The fraction of sp³-hybridized carbons (Fsp3) is 0.200. The Morgan fingerprint density at radius 3 is 2.43 bits per heavy atom. The van der Waals surface area contributed by atoms with Crippen LogP contribution >= 0.6 is 0 Å². The van der Waals surface area contributed by atoms with Gasteiger partial charge in [0.1, 0.15) is 5.75 Å². The second-order valence-corrected chi connectivity index (χ2v) is 7.81. The van der Waals surface area contributed by atoms with Gasteiger partial charge in [-0.1, -0.05) is 17.7 Å². The summed E-state index contributed by atoms with van der Waals surface area (Å²) in [6.07, 6.45) is 1.38. The van der Waals surface area contributed by atoms with Crippen molar-refractivity contribution in [2.45, 2.75) is 18.4 Å². The molecule has 0 saturated heterocycles. The number of Topliss-reactive ketones (excluding diaryl/α,β-unsaturated/α-hetero) is 1. The molecule has 0 amide bonds. The van der Waals surface area contributed by atoms with E-state index in [0.29, 0.717) is 5.56 Å². The smallest absolute Gasteiger partial charge is 0.387 e. The van der Waals surface area contributed by atoms with Crippen LogP contribution in [0.2, 0.25) is 0 Å². The highest BCUT2D eigenvalue weighted by molar-refractivity contribution is 7.89. The van der Waals surface area contributed by atoms with E-state index in [0.717, 1.165) is 0 Å². The van der Waals surface area contributed by atoms with Crippen LogP contribution in [0.15, 0.2) is 60.0 Å². The van der Waals surface area contributed by atoms with Gasteiger partial charge < -0.3 is 9.47 Å². The quantitative estimate of drug-likeness (QED) is 0.347. The van der Waals surface area contributed by atoms with Gasteiger partial charge in [0.2, 0.25) is 15.8 Å². The number of halogens is 2. The Bertz CT molecular complexity index is 1040. The zero-order valence-corrected chi connectivity index (χ0v) is 16.7. The second kappa shape index (κ2) is 10.1. The first-order chi connectivity index (χ1) is 14.1. The molecule has 0 saturated carbocycles. The van der Waals surface area contributed by atoms with Crippen molar-refractivity contribution in [3.8, 4) is 5.75 Å². The molecule has 0 fully saturated rings. The van der Waals surface area contributed by atoms with Gasteiger partial charge >= 0.3 is 12.6 Å². The summed E-state index contributed by atoms with van der Waals surface area (Å²) in [7, 11) is -3.75. The molecule has 0 heterocycles. The summed E-state index contributed by atoms with van der Waals surface area (Å²) in [6, 6.07) is 8.96. The lowest BCUT2D eigenvalue weighted by Crippen LogP contribution is -2.23. The van der Waals surface area contributed by atoms with E-state index in [4.69, 9.17) is 4.74 Å². The molecule has 0 unspecified atom stereocenters. The molecule has 0 radical (unpaired) electrons. The molecule has 0 aromatic heterocycles. The lowest BCUT2D eigenvalue weighted by Gasteiger charge is -2.11. The Labute approximate surface area is 172 Å². The Kier molecular flexibility index (Phi) is 7.79. The van der Waals surface area contributed by atoms with Crippen molar-refractivity contribution >= 4 is 21.8 Å². The molecule has 30 heavy (non-hydrogen) atoms. The summed E-state index contributed by atoms with van der Waals surface area (Å²) in [5, 5.41) is 0. The number of carbonyl (C=O) groups is 2. The van der Waals surface area contributed by atoms with Crippen molar-refractivity contribution < 1.29 is 36.3 Å². The average molecular weight is 439 g/mol. The number of aryl methyl sites for hydroxylation is 1. The number of ketones is 1. The summed E-state index contributed by atoms with van der Waals surface area (Å²) in [4.78, 5) is 24.4. The largest absolute Gasteiger partial charge is 0.454 e. The summed E-state index contributed by atoms with van der Waals surface area (Å²) < 4.78 is 60.5. The molecule has 0 aliphatic carbocycles. The van der Waals surface area contributed by atoms with E-state index in [9.17, 15) is 26.8 Å². The van der Waals surface area contributed by atoms with Crippen LogP contribution in [0.25, 0.3) is 0 Å². The van der Waals surface area contributed by atoms with Crippen molar-refractivity contribution in [1.82, 2.24) is 4.72 Å². The maximum Gasteiger partial charge on any atom is 0.387 e. The number of nitrogens with one attached hydrogen (secondary N) is 1. The number of rotatable bonds is 10. The van der Waals surface area contributed by atoms with E-state index in [2.05, 4.69) is 16.0 Å². The normalized spacial score (nSPS) is 11.2. The number of ether oxygens (including phenoxy) is 2. The molecule has 7 nitrogen and oxygen atoms in total. The topological polar surface area (TPSA) is 98.8 Å². The van der Waals surface area contributed by atoms with Crippen molar-refractivity contribution in [3.63, 3.8) is 0 Å². The third-order valence-corrected chi connectivity index (χ3v) is 5.24. The number of benzene rings is 2. The minimum absolute atomic E-state index is 0.0127. The van der Waals surface area contributed by atoms with Gasteiger partial charge in [-0.3, -0.25) is 4.79 Å². The monoisotopic (exact) mass is 439 g/mol. The predicted molar refractivity (Wildman–Crippen MR) is 104 cm³/mol. The van der Waals surface area contributed by atoms with Crippen LogP contribution < -0.4 is 9.46 Å². The lowest BCUT2D eigenvalue weighted by atomic mass is 10.1. The molecule has 0 aliphatic heterocycles. The van der Waals surface area contributed by atoms with Gasteiger partial charge in [0.15, 0.2) is 6.61 Å². The minimum atomic E-state index is -3.75. The van der Waals surface area contributed by atoms with Crippen LogP contribution in [-0.4, -0.2) is 39.9 Å². The van der Waals surface area contributed by atoms with Crippen LogP contribution in [0.5, 0.6) is 5.75 Å². The van der Waals surface area contributed by atoms with Gasteiger partial charge in [0.05, 0.1) is 16.0 Å². The predicted octanol–water partition coefficient (Wildman–Crippen LogP) is 3.10. The standard InChI is InChI=1S/C20H19F2NO6S/c1-3-10-23-30(26,27)15-7-5-14(6-8-15)19(25)28-12-17(24)16-11-13(2)4-9-18(16)29-20(21)22/h3-9,11,20,23H,1,10,12H2,2H3. The number of carbonyl (C=O) groups excluding carboxylic acids is 2. The SMILES string of the molecule is C=CCNS(=O)(=O)c1ccc(C(=O)OCC(=O)c2cc(C)ccc2OC(F)F)cc1. The molecule has 0 aliphatic rings. The van der Waals surface area contributed by atoms with Gasteiger partial charge in [-0.2, -0.15) is 8.78 Å². The molecule has 2 rings (SSSR count). The molecule has 160 valence electrons. The van der Waals surface area contributed by atoms with Crippen LogP contribution in [0, 0.1) is 6.92 Å². The van der Waals surface area contributed by atoms with Crippen LogP contribution in [0.4, 0.5) is 8.78 Å². The Balaban J connectivity index is 2.06. The highest BCUT2D eigenvalue weighted by atomic mass is 32.2. The molecular formula is C20H19F2NO6S. The van der Waals surface area contributed by atoms with E-state index < -0.39 is 35.0 Å². The van der Waals surface area contributed by atoms with Gasteiger partial charge in [-0.25, -0.2) is 17.9 Å². The molecule has 2 aromatic carbocycles. The van der Waals surface area contributed by atoms with Gasteiger partial charge in [0, 0.05) is 6.54 Å². The van der Waals surface area contributed by atoms with Crippen molar-refractivity contribution in [1.29, 1.82) is 0 Å². The fourth-order valence-electron chi connectivity index (χ4n) is 2.37. The summed E-state index contributed by atoms with van der Waals surface area (Å²) in [5.74, 6) is -1.93. The number of sulfonamides is 1. The zero-order valence-electron chi connectivity index (χ0n) is 15.9. The Morgan fingerprint density at radius 2 is 1.83 bits per heavy atom. The van der Waals surface area contributed by atoms with E-state index >= 15 is 0 Å². The van der Waals surface area contributed by atoms with Crippen molar-refractivity contribution in [2.24, 2.45) is 0 Å². The molecular weight excluding hydrogens is 420 g/mol. The maximum absolute atomic E-state index is 12.5. The molecule has 0 spiro atoms. The van der Waals surface area contributed by atoms with E-state index in [-0.39, 0.29) is 28.3 Å². The number of alkyl halides is 2. The third kappa shape index (κ3) is 6.19. The first kappa shape index (κ1) is 23.2. The number of hydrogen-bond donors (Lipinski definition) is 1. The number of hydrogen-bond acceptors (Lipinski definition) is 6. The van der Waals surface area contributed by atoms with Gasteiger partial charge in [-0.05, 0) is 43.3 Å². The first-order valence-corrected chi connectivity index (χ1v) is 10.1. The fourth-order valence-corrected chi connectivity index (χ4v) is 3.37. The summed E-state index contributed by atoms with van der Waals surface area (Å²) in [5.41, 5.74) is 0.504. The molecule has 2 aromatic rings. The Morgan fingerprint density at radius 1 is 1.17 bits per heavy atom. The lowest BCUT2D eigenvalue weighted by molar-refractivity contribution is -0.0502. The second-order valence-electron chi connectivity index (χ2n) is 6.04. The summed E-state index contributed by atoms with van der Waals surface area (Å²) >= 11 is 0. The highest BCUT2D eigenvalue weighted by Gasteiger charge is 2.19. The van der Waals surface area contributed by atoms with Crippen LogP contribution in [-0.2, 0) is 14.8 Å². The van der Waals surface area contributed by atoms with Crippen LogP contribution in [0.3, 0.4) is 0 Å². The maximum atomic E-state index is 12.5. The Hall–Kier alpha value is -3.11. The first-order valence-electron chi connectivity index (χ1n) is 8.60. The molecule has 0 bridgehead atoms.